The van der Waals surface area contributed by atoms with E-state index in [4.69, 9.17) is 0 Å². The van der Waals surface area contributed by atoms with Gasteiger partial charge in [0.05, 0.1) is 5.69 Å². The Kier molecular flexibility index (Phi) is 2.30. The predicted molar refractivity (Wildman–Crippen MR) is 52.1 cm³/mol. The molecule has 1 aromatic heterocycles. The number of hydrogen-bond acceptors (Lipinski definition) is 4. The lowest BCUT2D eigenvalue weighted by Crippen LogP contribution is -2.03. The summed E-state index contributed by atoms with van der Waals surface area (Å²) in [6.07, 6.45) is 4.07. The van der Waals surface area contributed by atoms with Gasteiger partial charge in [-0.2, -0.15) is 0 Å². The van der Waals surface area contributed by atoms with Crippen LogP contribution in [0.2, 0.25) is 0 Å². The van der Waals surface area contributed by atoms with Crippen LogP contribution < -0.4 is 5.32 Å². The smallest absolute Gasteiger partial charge is 0.363 e. The summed E-state index contributed by atoms with van der Waals surface area (Å²) in [5, 5.41) is 13.5. The van der Waals surface area contributed by atoms with Crippen LogP contribution in [0.15, 0.2) is 18.3 Å². The second-order valence-electron chi connectivity index (χ2n) is 3.49. The molecule has 0 unspecified atom stereocenters. The van der Waals surface area contributed by atoms with Gasteiger partial charge in [-0.3, -0.25) is 0 Å². The number of nitrogens with zero attached hydrogens (tertiary/aromatic N) is 2. The molecule has 1 aliphatic rings. The van der Waals surface area contributed by atoms with Crippen molar-refractivity contribution in [3.63, 3.8) is 0 Å². The van der Waals surface area contributed by atoms with Crippen LogP contribution >= 0.6 is 0 Å². The van der Waals surface area contributed by atoms with Gasteiger partial charge in [0.15, 0.2) is 6.20 Å². The van der Waals surface area contributed by atoms with Gasteiger partial charge in [0, 0.05) is 12.6 Å². The minimum absolute atomic E-state index is 0.109. The minimum atomic E-state index is -0.495. The van der Waals surface area contributed by atoms with Crippen molar-refractivity contribution in [2.75, 3.05) is 11.9 Å². The van der Waals surface area contributed by atoms with Gasteiger partial charge in [0.2, 0.25) is 0 Å². The lowest BCUT2D eigenvalue weighted by atomic mass is 10.3. The molecule has 5 nitrogen and oxygen atoms in total. The Hall–Kier alpha value is -1.65. The van der Waals surface area contributed by atoms with E-state index in [2.05, 4.69) is 10.3 Å². The molecule has 1 aliphatic carbocycles. The van der Waals surface area contributed by atoms with Crippen molar-refractivity contribution in [2.45, 2.75) is 12.8 Å². The molecular formula is C9H11N3O2. The summed E-state index contributed by atoms with van der Waals surface area (Å²) in [7, 11) is 0. The molecule has 1 heterocycles. The fourth-order valence-electron chi connectivity index (χ4n) is 1.18. The second-order valence-corrected chi connectivity index (χ2v) is 3.49. The van der Waals surface area contributed by atoms with Gasteiger partial charge in [-0.1, -0.05) is 0 Å². The Bertz CT molecular complexity index is 332. The van der Waals surface area contributed by atoms with Crippen LogP contribution in [0.1, 0.15) is 12.8 Å². The molecule has 0 saturated heterocycles. The molecule has 0 spiro atoms. The number of anilines is 1. The van der Waals surface area contributed by atoms with Gasteiger partial charge in [0.25, 0.3) is 0 Å². The van der Waals surface area contributed by atoms with Gasteiger partial charge < -0.3 is 15.4 Å². The van der Waals surface area contributed by atoms with Crippen LogP contribution in [0.4, 0.5) is 11.5 Å². The molecule has 1 fully saturated rings. The maximum atomic E-state index is 10.3. The number of rotatable bonds is 4. The van der Waals surface area contributed by atoms with E-state index in [1.165, 1.54) is 25.1 Å². The first-order valence-corrected chi connectivity index (χ1v) is 4.60. The number of nitro groups is 1. The highest BCUT2D eigenvalue weighted by molar-refractivity contribution is 5.43. The highest BCUT2D eigenvalue weighted by Crippen LogP contribution is 2.28. The SMILES string of the molecule is O=[N+]([O-])c1ccc(NCC2CC2)cn1. The van der Waals surface area contributed by atoms with E-state index in [1.54, 1.807) is 6.07 Å². The molecule has 0 aromatic carbocycles. The van der Waals surface area contributed by atoms with Crippen molar-refractivity contribution in [3.05, 3.63) is 28.4 Å². The van der Waals surface area contributed by atoms with E-state index in [1.807, 2.05) is 0 Å². The number of nitrogens with one attached hydrogen (secondary N) is 1. The van der Waals surface area contributed by atoms with E-state index in [0.717, 1.165) is 18.2 Å². The summed E-state index contributed by atoms with van der Waals surface area (Å²) in [6, 6.07) is 3.10. The normalized spacial score (nSPS) is 15.1. The van der Waals surface area contributed by atoms with Crippen LogP contribution in [0.5, 0.6) is 0 Å². The first-order chi connectivity index (χ1) is 6.75. The molecule has 74 valence electrons. The van der Waals surface area contributed by atoms with E-state index in [9.17, 15) is 10.1 Å². The highest BCUT2D eigenvalue weighted by atomic mass is 16.6. The van der Waals surface area contributed by atoms with E-state index in [-0.39, 0.29) is 5.82 Å². The van der Waals surface area contributed by atoms with Crippen LogP contribution in [-0.4, -0.2) is 16.5 Å². The molecule has 1 saturated carbocycles. The quantitative estimate of drug-likeness (QED) is 0.585. The molecule has 0 radical (unpaired) electrons. The summed E-state index contributed by atoms with van der Waals surface area (Å²) >= 11 is 0. The van der Waals surface area contributed by atoms with Crippen LogP contribution in [0.3, 0.4) is 0 Å². The maximum absolute atomic E-state index is 10.3. The summed E-state index contributed by atoms with van der Waals surface area (Å²) in [4.78, 5) is 13.5. The van der Waals surface area contributed by atoms with Crippen LogP contribution in [0.25, 0.3) is 0 Å². The average Bonchev–Trinajstić information content (AvgIpc) is 2.99. The summed E-state index contributed by atoms with van der Waals surface area (Å²) < 4.78 is 0. The third-order valence-corrected chi connectivity index (χ3v) is 2.23. The Morgan fingerprint density at radius 1 is 1.57 bits per heavy atom. The first kappa shape index (κ1) is 8.93. The van der Waals surface area contributed by atoms with Crippen molar-refractivity contribution in [1.82, 2.24) is 4.98 Å². The standard InChI is InChI=1S/C9H11N3O2/c13-12(14)9-4-3-8(6-11-9)10-5-7-1-2-7/h3-4,6-7,10H,1-2,5H2. The van der Waals surface area contributed by atoms with Gasteiger partial charge in [0.1, 0.15) is 0 Å². The number of hydrogen-bond donors (Lipinski definition) is 1. The van der Waals surface area contributed by atoms with E-state index >= 15 is 0 Å². The molecule has 0 amide bonds. The third kappa shape index (κ3) is 2.18. The largest absolute Gasteiger partial charge is 0.382 e. The minimum Gasteiger partial charge on any atom is -0.382 e. The summed E-state index contributed by atoms with van der Waals surface area (Å²) in [5.74, 6) is 0.673. The zero-order chi connectivity index (χ0) is 9.97. The van der Waals surface area contributed by atoms with Crippen molar-refractivity contribution >= 4 is 11.5 Å². The monoisotopic (exact) mass is 193 g/mol. The molecule has 0 atom stereocenters. The molecule has 1 aromatic rings. The Balaban J connectivity index is 1.94. The third-order valence-electron chi connectivity index (χ3n) is 2.23. The lowest BCUT2D eigenvalue weighted by Gasteiger charge is -2.01. The van der Waals surface area contributed by atoms with Crippen LogP contribution in [-0.2, 0) is 0 Å². The summed E-state index contributed by atoms with van der Waals surface area (Å²) in [6.45, 7) is 0.944. The Morgan fingerprint density at radius 3 is 2.86 bits per heavy atom. The van der Waals surface area contributed by atoms with Crippen molar-refractivity contribution < 1.29 is 4.92 Å². The number of pyridine rings is 1. The van der Waals surface area contributed by atoms with Crippen molar-refractivity contribution in [2.24, 2.45) is 5.92 Å². The van der Waals surface area contributed by atoms with E-state index < -0.39 is 4.92 Å². The maximum Gasteiger partial charge on any atom is 0.363 e. The Morgan fingerprint density at radius 2 is 2.36 bits per heavy atom. The van der Waals surface area contributed by atoms with Crippen molar-refractivity contribution in [1.29, 1.82) is 0 Å². The fraction of sp³-hybridized carbons (Fsp3) is 0.444. The van der Waals surface area contributed by atoms with Gasteiger partial charge >= 0.3 is 5.82 Å². The predicted octanol–water partition coefficient (Wildman–Crippen LogP) is 1.81. The van der Waals surface area contributed by atoms with Gasteiger partial charge in [-0.25, -0.2) is 0 Å². The Labute approximate surface area is 81.3 Å². The molecule has 1 N–H and O–H groups in total. The topological polar surface area (TPSA) is 68.1 Å². The van der Waals surface area contributed by atoms with Gasteiger partial charge in [-0.15, -0.1) is 0 Å². The summed E-state index contributed by atoms with van der Waals surface area (Å²) in [5.41, 5.74) is 0.850. The highest BCUT2D eigenvalue weighted by Gasteiger charge is 2.20. The van der Waals surface area contributed by atoms with E-state index in [0.29, 0.717) is 0 Å². The molecule has 14 heavy (non-hydrogen) atoms. The van der Waals surface area contributed by atoms with Crippen LogP contribution in [0, 0.1) is 16.0 Å². The first-order valence-electron chi connectivity index (χ1n) is 4.60. The lowest BCUT2D eigenvalue weighted by molar-refractivity contribution is -0.389. The molecule has 2 rings (SSSR count). The second kappa shape index (κ2) is 3.61. The zero-order valence-corrected chi connectivity index (χ0v) is 7.64. The van der Waals surface area contributed by atoms with Gasteiger partial charge in [-0.05, 0) is 34.7 Å². The van der Waals surface area contributed by atoms with Crippen molar-refractivity contribution in [3.8, 4) is 0 Å². The zero-order valence-electron chi connectivity index (χ0n) is 7.64. The number of aromatic nitrogens is 1. The fourth-order valence-corrected chi connectivity index (χ4v) is 1.18. The molecular weight excluding hydrogens is 182 g/mol. The molecule has 0 bridgehead atoms. The molecule has 0 aliphatic heterocycles. The molecule has 5 heteroatoms. The average molecular weight is 193 g/mol.